The summed E-state index contributed by atoms with van der Waals surface area (Å²) >= 11 is 7.46. The zero-order valence-electron chi connectivity index (χ0n) is 14.1. The van der Waals surface area contributed by atoms with E-state index in [2.05, 4.69) is 21.5 Å². The summed E-state index contributed by atoms with van der Waals surface area (Å²) in [5, 5.41) is 7.79. The van der Waals surface area contributed by atoms with Crippen LogP contribution in [-0.2, 0) is 23.6 Å². The van der Waals surface area contributed by atoms with Crippen molar-refractivity contribution in [3.8, 4) is 0 Å². The van der Waals surface area contributed by atoms with Gasteiger partial charge in [-0.2, -0.15) is 5.10 Å². The average molecular weight is 387 g/mol. The molecule has 2 aromatic carbocycles. The number of hydrogen-bond acceptors (Lipinski definition) is 4. The van der Waals surface area contributed by atoms with Gasteiger partial charge in [0.1, 0.15) is 12.7 Å². The van der Waals surface area contributed by atoms with Crippen molar-refractivity contribution in [3.05, 3.63) is 82.9 Å². The largest absolute Gasteiger partial charge is 0.351 e. The number of amides is 1. The summed E-state index contributed by atoms with van der Waals surface area (Å²) in [7, 11) is 0. The van der Waals surface area contributed by atoms with Crippen molar-refractivity contribution in [2.24, 2.45) is 0 Å². The normalized spacial score (nSPS) is 10.7. The Labute approximate surface area is 161 Å². The molecule has 0 saturated carbocycles. The Kier molecular flexibility index (Phi) is 6.68. The van der Waals surface area contributed by atoms with Gasteiger partial charge in [0.25, 0.3) is 0 Å². The lowest BCUT2D eigenvalue weighted by molar-refractivity contribution is -0.118. The van der Waals surface area contributed by atoms with Crippen LogP contribution in [0.1, 0.15) is 16.7 Å². The Morgan fingerprint density at radius 3 is 2.69 bits per heavy atom. The molecule has 134 valence electrons. The fourth-order valence-electron chi connectivity index (χ4n) is 2.43. The lowest BCUT2D eigenvalue weighted by atomic mass is 10.1. The van der Waals surface area contributed by atoms with Crippen molar-refractivity contribution in [2.75, 3.05) is 5.75 Å². The van der Waals surface area contributed by atoms with Gasteiger partial charge in [-0.25, -0.2) is 9.67 Å². The molecule has 7 heteroatoms. The molecule has 5 nitrogen and oxygen atoms in total. The smallest absolute Gasteiger partial charge is 0.230 e. The molecule has 1 heterocycles. The molecule has 0 aliphatic rings. The van der Waals surface area contributed by atoms with Gasteiger partial charge in [-0.3, -0.25) is 4.79 Å². The van der Waals surface area contributed by atoms with Crippen LogP contribution in [0.4, 0.5) is 0 Å². The zero-order valence-corrected chi connectivity index (χ0v) is 15.7. The van der Waals surface area contributed by atoms with E-state index in [1.165, 1.54) is 6.33 Å². The highest BCUT2D eigenvalue weighted by Crippen LogP contribution is 2.15. The Balaban J connectivity index is 1.41. The summed E-state index contributed by atoms with van der Waals surface area (Å²) in [4.78, 5) is 16.0. The standard InChI is InChI=1S/C19H19ClN4OS/c20-18-6-4-15(5-7-18)11-26-12-19(25)22-9-16-2-1-3-17(8-16)10-24-14-21-13-23-24/h1-8,13-14H,9-12H2,(H,22,25). The number of hydrogen-bond donors (Lipinski definition) is 1. The van der Waals surface area contributed by atoms with E-state index in [1.807, 2.05) is 42.5 Å². The first-order valence-electron chi connectivity index (χ1n) is 8.18. The Morgan fingerprint density at radius 1 is 1.12 bits per heavy atom. The molecule has 0 fully saturated rings. The van der Waals surface area contributed by atoms with Crippen molar-refractivity contribution >= 4 is 29.3 Å². The van der Waals surface area contributed by atoms with E-state index in [-0.39, 0.29) is 5.91 Å². The molecule has 0 radical (unpaired) electrons. The molecule has 0 saturated heterocycles. The maximum absolute atomic E-state index is 12.0. The van der Waals surface area contributed by atoms with Crippen LogP contribution in [0.5, 0.6) is 0 Å². The molecule has 0 unspecified atom stereocenters. The third-order valence-corrected chi connectivity index (χ3v) is 4.96. The van der Waals surface area contributed by atoms with Crippen LogP contribution >= 0.6 is 23.4 Å². The maximum atomic E-state index is 12.0. The van der Waals surface area contributed by atoms with E-state index in [4.69, 9.17) is 11.6 Å². The quantitative estimate of drug-likeness (QED) is 0.643. The summed E-state index contributed by atoms with van der Waals surface area (Å²) < 4.78 is 1.77. The van der Waals surface area contributed by atoms with Crippen LogP contribution in [0.2, 0.25) is 5.02 Å². The van der Waals surface area contributed by atoms with Crippen LogP contribution < -0.4 is 5.32 Å². The van der Waals surface area contributed by atoms with Gasteiger partial charge in [-0.1, -0.05) is 48.0 Å². The van der Waals surface area contributed by atoms with Gasteiger partial charge in [0.15, 0.2) is 0 Å². The summed E-state index contributed by atoms with van der Waals surface area (Å²) in [6, 6.07) is 15.8. The van der Waals surface area contributed by atoms with Crippen molar-refractivity contribution in [2.45, 2.75) is 18.8 Å². The Morgan fingerprint density at radius 2 is 1.92 bits per heavy atom. The lowest BCUT2D eigenvalue weighted by Gasteiger charge is -2.08. The van der Waals surface area contributed by atoms with Crippen molar-refractivity contribution in [1.82, 2.24) is 20.1 Å². The van der Waals surface area contributed by atoms with E-state index in [0.29, 0.717) is 18.8 Å². The van der Waals surface area contributed by atoms with Gasteiger partial charge >= 0.3 is 0 Å². The van der Waals surface area contributed by atoms with Crippen molar-refractivity contribution in [1.29, 1.82) is 0 Å². The molecule has 3 rings (SSSR count). The van der Waals surface area contributed by atoms with E-state index in [1.54, 1.807) is 22.8 Å². The molecule has 0 aliphatic carbocycles. The molecule has 26 heavy (non-hydrogen) atoms. The molecule has 0 atom stereocenters. The topological polar surface area (TPSA) is 59.8 Å². The third-order valence-electron chi connectivity index (χ3n) is 3.71. The minimum absolute atomic E-state index is 0.0330. The number of halogens is 1. The third kappa shape index (κ3) is 5.89. The summed E-state index contributed by atoms with van der Waals surface area (Å²) in [6.07, 6.45) is 3.21. The van der Waals surface area contributed by atoms with Crippen LogP contribution in [-0.4, -0.2) is 26.4 Å². The highest BCUT2D eigenvalue weighted by Gasteiger charge is 2.04. The predicted molar refractivity (Wildman–Crippen MR) is 105 cm³/mol. The van der Waals surface area contributed by atoms with E-state index in [9.17, 15) is 4.79 Å². The number of rotatable bonds is 8. The second-order valence-corrected chi connectivity index (χ2v) is 7.23. The molecule has 3 aromatic rings. The number of carbonyl (C=O) groups excluding carboxylic acids is 1. The molecular formula is C19H19ClN4OS. The second kappa shape index (κ2) is 9.40. The fourth-order valence-corrected chi connectivity index (χ4v) is 3.38. The Hall–Kier alpha value is -2.31. The number of benzene rings is 2. The summed E-state index contributed by atoms with van der Waals surface area (Å²) in [5.41, 5.74) is 3.35. The highest BCUT2D eigenvalue weighted by atomic mass is 35.5. The van der Waals surface area contributed by atoms with Crippen LogP contribution in [0, 0.1) is 0 Å². The number of thioether (sulfide) groups is 1. The van der Waals surface area contributed by atoms with E-state index < -0.39 is 0 Å². The Bertz CT molecular complexity index is 837. The molecule has 1 aromatic heterocycles. The average Bonchev–Trinajstić information content (AvgIpc) is 3.15. The van der Waals surface area contributed by atoms with Gasteiger partial charge in [0.05, 0.1) is 12.3 Å². The van der Waals surface area contributed by atoms with Crippen molar-refractivity contribution in [3.63, 3.8) is 0 Å². The van der Waals surface area contributed by atoms with Gasteiger partial charge in [-0.05, 0) is 28.8 Å². The van der Waals surface area contributed by atoms with Gasteiger partial charge in [-0.15, -0.1) is 11.8 Å². The van der Waals surface area contributed by atoms with Gasteiger partial charge in [0.2, 0.25) is 5.91 Å². The molecule has 0 spiro atoms. The molecule has 1 amide bonds. The summed E-state index contributed by atoms with van der Waals surface area (Å²) in [6.45, 7) is 1.18. The van der Waals surface area contributed by atoms with Crippen LogP contribution in [0.25, 0.3) is 0 Å². The molecular weight excluding hydrogens is 368 g/mol. The minimum Gasteiger partial charge on any atom is -0.351 e. The number of aromatic nitrogens is 3. The van der Waals surface area contributed by atoms with E-state index >= 15 is 0 Å². The predicted octanol–water partition coefficient (Wildman–Crippen LogP) is 3.53. The van der Waals surface area contributed by atoms with Crippen LogP contribution in [0.15, 0.2) is 61.2 Å². The van der Waals surface area contributed by atoms with Gasteiger partial charge in [0, 0.05) is 17.3 Å². The first-order valence-corrected chi connectivity index (χ1v) is 9.71. The lowest BCUT2D eigenvalue weighted by Crippen LogP contribution is -2.24. The number of nitrogens with one attached hydrogen (secondary N) is 1. The summed E-state index contributed by atoms with van der Waals surface area (Å²) in [5.74, 6) is 1.25. The van der Waals surface area contributed by atoms with Crippen LogP contribution in [0.3, 0.4) is 0 Å². The molecule has 0 bridgehead atoms. The zero-order chi connectivity index (χ0) is 18.2. The van der Waals surface area contributed by atoms with Crippen molar-refractivity contribution < 1.29 is 4.79 Å². The number of nitrogens with zero attached hydrogens (tertiary/aromatic N) is 3. The SMILES string of the molecule is O=C(CSCc1ccc(Cl)cc1)NCc1cccc(Cn2cncn2)c1. The highest BCUT2D eigenvalue weighted by molar-refractivity contribution is 7.99. The second-order valence-electron chi connectivity index (χ2n) is 5.81. The molecule has 0 aliphatic heterocycles. The minimum atomic E-state index is 0.0330. The number of carbonyl (C=O) groups is 1. The molecule has 1 N–H and O–H groups in total. The fraction of sp³-hybridized carbons (Fsp3) is 0.211. The first kappa shape index (κ1) is 18.5. The monoisotopic (exact) mass is 386 g/mol. The first-order chi connectivity index (χ1) is 12.7. The van der Waals surface area contributed by atoms with Gasteiger partial charge < -0.3 is 5.32 Å². The van der Waals surface area contributed by atoms with E-state index in [0.717, 1.165) is 27.5 Å². The maximum Gasteiger partial charge on any atom is 0.230 e.